The van der Waals surface area contributed by atoms with Crippen LogP contribution >= 0.6 is 37.2 Å². The average Bonchev–Trinajstić information content (AvgIpc) is 2.66. The van der Waals surface area contributed by atoms with Crippen molar-refractivity contribution in [1.29, 1.82) is 0 Å². The number of anilines is 1. The normalized spacial score (nSPS) is 19.6. The van der Waals surface area contributed by atoms with Gasteiger partial charge in [-0.2, -0.15) is 0 Å². The summed E-state index contributed by atoms with van der Waals surface area (Å²) in [5.41, 5.74) is 13.3. The monoisotopic (exact) mass is 471 g/mol. The smallest absolute Gasteiger partial charge is 0.0558 e. The van der Waals surface area contributed by atoms with Gasteiger partial charge in [0.05, 0.1) is 11.9 Å². The van der Waals surface area contributed by atoms with Gasteiger partial charge in [0.25, 0.3) is 0 Å². The van der Waals surface area contributed by atoms with Crippen molar-refractivity contribution >= 4 is 42.9 Å². The first-order chi connectivity index (χ1) is 12.8. The van der Waals surface area contributed by atoms with Crippen LogP contribution in [0.1, 0.15) is 64.5 Å². The standard InChI is InChI=1S/C24H33N3.3ClH/c1-23(2)9-10-24(3,4)22-14-17(5-6-21(22)23)18-13-20(16-26-15-18)27-11-7-19(25)8-12-27;;;/h5-6,13-16,19H,7-12,25H2,1-4H3;3*1H. The van der Waals surface area contributed by atoms with Crippen LogP contribution in [-0.4, -0.2) is 24.1 Å². The van der Waals surface area contributed by atoms with Crippen molar-refractivity contribution < 1.29 is 0 Å². The quantitative estimate of drug-likeness (QED) is 0.558. The molecule has 1 aliphatic heterocycles. The van der Waals surface area contributed by atoms with E-state index in [1.807, 2.05) is 12.4 Å². The van der Waals surface area contributed by atoms with Crippen LogP contribution in [0.25, 0.3) is 11.1 Å². The number of nitrogens with zero attached hydrogens (tertiary/aromatic N) is 2. The predicted molar refractivity (Wildman–Crippen MR) is 136 cm³/mol. The summed E-state index contributed by atoms with van der Waals surface area (Å²) < 4.78 is 0. The fourth-order valence-electron chi connectivity index (χ4n) is 4.68. The third-order valence-corrected chi connectivity index (χ3v) is 6.81. The molecular formula is C24H36Cl3N3. The molecule has 4 rings (SSSR count). The maximum atomic E-state index is 6.07. The Morgan fingerprint density at radius 2 is 1.43 bits per heavy atom. The predicted octanol–water partition coefficient (Wildman–Crippen LogP) is 6.29. The third-order valence-electron chi connectivity index (χ3n) is 6.81. The molecule has 168 valence electrons. The molecule has 2 aromatic rings. The van der Waals surface area contributed by atoms with Crippen LogP contribution in [0.2, 0.25) is 0 Å². The zero-order chi connectivity index (χ0) is 19.2. The first kappa shape index (κ1) is 27.0. The van der Waals surface area contributed by atoms with E-state index in [9.17, 15) is 0 Å². The highest BCUT2D eigenvalue weighted by Gasteiger charge is 2.37. The molecule has 1 aromatic carbocycles. The van der Waals surface area contributed by atoms with Gasteiger partial charge in [0, 0.05) is 30.9 Å². The molecule has 0 radical (unpaired) electrons. The highest BCUT2D eigenvalue weighted by molar-refractivity contribution is 5.86. The van der Waals surface area contributed by atoms with Gasteiger partial charge in [0.2, 0.25) is 0 Å². The van der Waals surface area contributed by atoms with Crippen molar-refractivity contribution in [3.05, 3.63) is 47.8 Å². The van der Waals surface area contributed by atoms with Gasteiger partial charge in [-0.25, -0.2) is 0 Å². The molecule has 2 N–H and O–H groups in total. The number of piperidine rings is 1. The molecule has 30 heavy (non-hydrogen) atoms. The molecule has 0 atom stereocenters. The number of pyridine rings is 1. The van der Waals surface area contributed by atoms with Crippen molar-refractivity contribution in [1.82, 2.24) is 4.98 Å². The summed E-state index contributed by atoms with van der Waals surface area (Å²) in [7, 11) is 0. The second kappa shape index (κ2) is 10.1. The Hall–Kier alpha value is -1.000. The maximum absolute atomic E-state index is 6.07. The second-order valence-corrected chi connectivity index (χ2v) is 9.78. The van der Waals surface area contributed by atoms with E-state index in [2.05, 4.69) is 61.8 Å². The molecule has 1 saturated heterocycles. The number of halogens is 3. The summed E-state index contributed by atoms with van der Waals surface area (Å²) in [4.78, 5) is 6.98. The Morgan fingerprint density at radius 1 is 0.833 bits per heavy atom. The van der Waals surface area contributed by atoms with E-state index >= 15 is 0 Å². The van der Waals surface area contributed by atoms with Gasteiger partial charge in [-0.1, -0.05) is 45.9 Å². The first-order valence-corrected chi connectivity index (χ1v) is 10.4. The topological polar surface area (TPSA) is 42.2 Å². The Morgan fingerprint density at radius 3 is 2.07 bits per heavy atom. The summed E-state index contributed by atoms with van der Waals surface area (Å²) in [6.45, 7) is 11.6. The molecule has 2 aliphatic rings. The molecule has 0 amide bonds. The van der Waals surface area contributed by atoms with Gasteiger partial charge in [-0.15, -0.1) is 37.2 Å². The summed E-state index contributed by atoms with van der Waals surface area (Å²) in [6.07, 6.45) is 8.61. The van der Waals surface area contributed by atoms with E-state index in [0.717, 1.165) is 25.9 Å². The fourth-order valence-corrected chi connectivity index (χ4v) is 4.68. The largest absolute Gasteiger partial charge is 0.370 e. The number of hydrogen-bond donors (Lipinski definition) is 1. The van der Waals surface area contributed by atoms with Crippen molar-refractivity contribution in [3.63, 3.8) is 0 Å². The minimum absolute atomic E-state index is 0. The summed E-state index contributed by atoms with van der Waals surface area (Å²) in [5, 5.41) is 0. The Labute approximate surface area is 200 Å². The van der Waals surface area contributed by atoms with Gasteiger partial charge >= 0.3 is 0 Å². The summed E-state index contributed by atoms with van der Waals surface area (Å²) in [5.74, 6) is 0. The van der Waals surface area contributed by atoms with Gasteiger partial charge in [0.15, 0.2) is 0 Å². The number of fused-ring (bicyclic) bond motifs is 1. The molecule has 2 heterocycles. The van der Waals surface area contributed by atoms with Crippen molar-refractivity contribution in [2.24, 2.45) is 5.73 Å². The van der Waals surface area contributed by atoms with Crippen molar-refractivity contribution in [2.75, 3.05) is 18.0 Å². The Bertz CT molecular complexity index is 843. The van der Waals surface area contributed by atoms with Gasteiger partial charge in [0.1, 0.15) is 0 Å². The van der Waals surface area contributed by atoms with E-state index in [1.54, 1.807) is 0 Å². The van der Waals surface area contributed by atoms with Crippen LogP contribution < -0.4 is 10.6 Å². The zero-order valence-corrected chi connectivity index (χ0v) is 20.9. The zero-order valence-electron chi connectivity index (χ0n) is 18.5. The Kier molecular flexibility index (Phi) is 9.08. The van der Waals surface area contributed by atoms with Crippen LogP contribution in [0, 0.1) is 0 Å². The summed E-state index contributed by atoms with van der Waals surface area (Å²) >= 11 is 0. The minimum Gasteiger partial charge on any atom is -0.370 e. The molecule has 0 bridgehead atoms. The minimum atomic E-state index is 0. The lowest BCUT2D eigenvalue weighted by atomic mass is 9.63. The van der Waals surface area contributed by atoms with Gasteiger partial charge in [-0.3, -0.25) is 4.98 Å². The van der Waals surface area contributed by atoms with Crippen molar-refractivity contribution in [3.8, 4) is 11.1 Å². The van der Waals surface area contributed by atoms with E-state index in [1.165, 1.54) is 40.8 Å². The number of nitrogens with two attached hydrogens (primary N) is 1. The lowest BCUT2D eigenvalue weighted by molar-refractivity contribution is 0.332. The van der Waals surface area contributed by atoms with E-state index in [0.29, 0.717) is 6.04 Å². The van der Waals surface area contributed by atoms with E-state index in [4.69, 9.17) is 5.73 Å². The van der Waals surface area contributed by atoms with E-state index in [-0.39, 0.29) is 48.1 Å². The SMILES string of the molecule is CC1(C)CCC(C)(C)c2cc(-c3cncc(N4CCC(N)CC4)c3)ccc21.Cl.Cl.Cl. The molecule has 1 aliphatic carbocycles. The highest BCUT2D eigenvalue weighted by atomic mass is 35.5. The molecular weight excluding hydrogens is 437 g/mol. The lowest BCUT2D eigenvalue weighted by Crippen LogP contribution is -2.39. The molecule has 3 nitrogen and oxygen atoms in total. The van der Waals surface area contributed by atoms with Crippen LogP contribution in [0.15, 0.2) is 36.7 Å². The first-order valence-electron chi connectivity index (χ1n) is 10.4. The Balaban J connectivity index is 0.00000150. The van der Waals surface area contributed by atoms with Crippen LogP contribution in [0.4, 0.5) is 5.69 Å². The molecule has 1 fully saturated rings. The van der Waals surface area contributed by atoms with Crippen molar-refractivity contribution in [2.45, 2.75) is 70.3 Å². The highest BCUT2D eigenvalue weighted by Crippen LogP contribution is 2.46. The molecule has 6 heteroatoms. The van der Waals surface area contributed by atoms with Crippen LogP contribution in [-0.2, 0) is 10.8 Å². The van der Waals surface area contributed by atoms with Gasteiger partial charge in [-0.05, 0) is 59.3 Å². The molecule has 0 unspecified atom stereocenters. The average molecular weight is 473 g/mol. The van der Waals surface area contributed by atoms with Crippen LogP contribution in [0.5, 0.6) is 0 Å². The second-order valence-electron chi connectivity index (χ2n) is 9.78. The maximum Gasteiger partial charge on any atom is 0.0558 e. The third kappa shape index (κ3) is 5.24. The molecule has 0 saturated carbocycles. The molecule has 1 aromatic heterocycles. The number of aromatic nitrogens is 1. The fraction of sp³-hybridized carbons (Fsp3) is 0.542. The summed E-state index contributed by atoms with van der Waals surface area (Å²) in [6, 6.07) is 9.71. The number of hydrogen-bond acceptors (Lipinski definition) is 3. The molecule has 0 spiro atoms. The van der Waals surface area contributed by atoms with E-state index < -0.39 is 0 Å². The lowest BCUT2D eigenvalue weighted by Gasteiger charge is -2.42. The van der Waals surface area contributed by atoms with Gasteiger partial charge < -0.3 is 10.6 Å². The number of rotatable bonds is 2. The number of benzene rings is 1. The van der Waals surface area contributed by atoms with Crippen LogP contribution in [0.3, 0.4) is 0 Å².